The maximum Gasteiger partial charge on any atom is 0.360 e. The van der Waals surface area contributed by atoms with E-state index in [9.17, 15) is 14.4 Å². The van der Waals surface area contributed by atoms with Crippen molar-refractivity contribution in [2.24, 2.45) is 0 Å². The average molecular weight is 565 g/mol. The molecule has 0 spiro atoms. The molecule has 0 unspecified atom stereocenters. The lowest BCUT2D eigenvalue weighted by Gasteiger charge is -2.14. The second-order valence-corrected chi connectivity index (χ2v) is 9.82. The number of aromatic nitrogens is 3. The van der Waals surface area contributed by atoms with Crippen LogP contribution >= 0.6 is 34.5 Å². The van der Waals surface area contributed by atoms with Crippen molar-refractivity contribution < 1.29 is 14.3 Å². The SMILES string of the molecule is C[C@@H](OC(=O)c1nn(-c2ccccc2)c(=O)c2ccccc12)C(=O)Nc1nc(-c2ccc(Cl)c(Cl)c2)cs1. The molecule has 190 valence electrons. The molecule has 1 amide bonds. The predicted molar refractivity (Wildman–Crippen MR) is 148 cm³/mol. The Morgan fingerprint density at radius 3 is 2.42 bits per heavy atom. The number of hydrogen-bond acceptors (Lipinski definition) is 7. The lowest BCUT2D eigenvalue weighted by Crippen LogP contribution is -2.31. The third kappa shape index (κ3) is 5.17. The zero-order chi connectivity index (χ0) is 26.8. The molecule has 0 saturated carbocycles. The molecule has 1 atom stereocenters. The Hall–Kier alpha value is -4.05. The number of para-hydroxylation sites is 1. The molecule has 5 aromatic rings. The van der Waals surface area contributed by atoms with Crippen molar-refractivity contribution >= 4 is 62.3 Å². The number of nitrogens with one attached hydrogen (secondary N) is 1. The first-order chi connectivity index (χ1) is 18.3. The number of carbonyl (C=O) groups is 2. The number of fused-ring (bicyclic) bond motifs is 1. The van der Waals surface area contributed by atoms with Gasteiger partial charge in [0.15, 0.2) is 16.9 Å². The van der Waals surface area contributed by atoms with Crippen molar-refractivity contribution in [2.75, 3.05) is 5.32 Å². The largest absolute Gasteiger partial charge is 0.448 e. The quantitative estimate of drug-likeness (QED) is 0.254. The van der Waals surface area contributed by atoms with Crippen LogP contribution in [0, 0.1) is 0 Å². The standard InChI is InChI=1S/C27H18Cl2N4O4S/c1-15(24(34)31-27-30-22(14-38-27)16-11-12-20(28)21(29)13-16)37-26(36)23-18-9-5-6-10-19(18)25(35)33(32-23)17-7-3-2-4-8-17/h2-15H,1H3,(H,30,31,34)/t15-/m1/s1. The summed E-state index contributed by atoms with van der Waals surface area (Å²) in [4.78, 5) is 43.4. The fourth-order valence-electron chi connectivity index (χ4n) is 3.68. The number of rotatable bonds is 6. The van der Waals surface area contributed by atoms with Crippen LogP contribution in [-0.4, -0.2) is 32.7 Å². The monoisotopic (exact) mass is 564 g/mol. The van der Waals surface area contributed by atoms with Gasteiger partial charge in [-0.05, 0) is 37.3 Å². The van der Waals surface area contributed by atoms with E-state index in [0.717, 1.165) is 10.2 Å². The van der Waals surface area contributed by atoms with Crippen LogP contribution in [0.25, 0.3) is 27.7 Å². The van der Waals surface area contributed by atoms with Gasteiger partial charge in [0.2, 0.25) is 0 Å². The highest BCUT2D eigenvalue weighted by Gasteiger charge is 2.24. The van der Waals surface area contributed by atoms with E-state index in [1.54, 1.807) is 78.2 Å². The number of benzene rings is 3. The van der Waals surface area contributed by atoms with Gasteiger partial charge in [0.25, 0.3) is 11.5 Å². The van der Waals surface area contributed by atoms with Gasteiger partial charge in [-0.3, -0.25) is 14.9 Å². The molecule has 38 heavy (non-hydrogen) atoms. The first-order valence-electron chi connectivity index (χ1n) is 11.3. The minimum absolute atomic E-state index is 0.0835. The van der Waals surface area contributed by atoms with E-state index in [2.05, 4.69) is 15.4 Å². The van der Waals surface area contributed by atoms with Gasteiger partial charge >= 0.3 is 5.97 Å². The summed E-state index contributed by atoms with van der Waals surface area (Å²) in [5, 5.41) is 10.5. The number of nitrogens with zero attached hydrogens (tertiary/aromatic N) is 3. The van der Waals surface area contributed by atoms with Gasteiger partial charge in [-0.2, -0.15) is 9.78 Å². The second kappa shape index (κ2) is 10.7. The average Bonchev–Trinajstić information content (AvgIpc) is 3.39. The number of ether oxygens (including phenoxy) is 1. The minimum atomic E-state index is -1.17. The summed E-state index contributed by atoms with van der Waals surface area (Å²) in [5.41, 5.74) is 1.37. The molecule has 5 rings (SSSR count). The Morgan fingerprint density at radius 2 is 1.68 bits per heavy atom. The predicted octanol–water partition coefficient (Wildman–Crippen LogP) is 6.00. The van der Waals surface area contributed by atoms with Gasteiger partial charge in [-0.25, -0.2) is 9.78 Å². The van der Waals surface area contributed by atoms with Crippen LogP contribution in [0.2, 0.25) is 10.0 Å². The van der Waals surface area contributed by atoms with Gasteiger partial charge in [-0.1, -0.05) is 65.7 Å². The molecule has 11 heteroatoms. The van der Waals surface area contributed by atoms with Crippen molar-refractivity contribution in [3.05, 3.63) is 104 Å². The van der Waals surface area contributed by atoms with Crippen LogP contribution in [-0.2, 0) is 9.53 Å². The van der Waals surface area contributed by atoms with Crippen molar-refractivity contribution in [3.8, 4) is 16.9 Å². The van der Waals surface area contributed by atoms with E-state index in [4.69, 9.17) is 27.9 Å². The normalized spacial score (nSPS) is 11.8. The smallest absolute Gasteiger partial charge is 0.360 e. The van der Waals surface area contributed by atoms with Crippen LogP contribution in [0.1, 0.15) is 17.4 Å². The molecular formula is C27H18Cl2N4O4S. The molecule has 1 N–H and O–H groups in total. The summed E-state index contributed by atoms with van der Waals surface area (Å²) >= 11 is 13.3. The topological polar surface area (TPSA) is 103 Å². The first kappa shape index (κ1) is 25.6. The first-order valence-corrected chi connectivity index (χ1v) is 13.0. The lowest BCUT2D eigenvalue weighted by atomic mass is 10.1. The van der Waals surface area contributed by atoms with E-state index >= 15 is 0 Å². The Balaban J connectivity index is 1.36. The van der Waals surface area contributed by atoms with Gasteiger partial charge in [-0.15, -0.1) is 11.3 Å². The van der Waals surface area contributed by atoms with Gasteiger partial charge in [0.05, 0.1) is 26.8 Å². The van der Waals surface area contributed by atoms with E-state index in [1.165, 1.54) is 18.3 Å². The van der Waals surface area contributed by atoms with E-state index in [1.807, 2.05) is 0 Å². The maximum atomic E-state index is 13.2. The third-order valence-electron chi connectivity index (χ3n) is 5.60. The zero-order valence-electron chi connectivity index (χ0n) is 19.7. The Bertz CT molecular complexity index is 1740. The summed E-state index contributed by atoms with van der Waals surface area (Å²) in [6, 6.07) is 20.5. The summed E-state index contributed by atoms with van der Waals surface area (Å²) in [6.07, 6.45) is -1.17. The van der Waals surface area contributed by atoms with Gasteiger partial charge in [0.1, 0.15) is 0 Å². The lowest BCUT2D eigenvalue weighted by molar-refractivity contribution is -0.123. The number of anilines is 1. The van der Waals surface area contributed by atoms with E-state index < -0.39 is 18.0 Å². The number of carbonyl (C=O) groups excluding carboxylic acids is 2. The number of thiazole rings is 1. The molecule has 2 heterocycles. The summed E-state index contributed by atoms with van der Waals surface area (Å²) in [5.74, 6) is -1.42. The van der Waals surface area contributed by atoms with Crippen molar-refractivity contribution in [3.63, 3.8) is 0 Å². The molecule has 8 nitrogen and oxygen atoms in total. The van der Waals surface area contributed by atoms with Crippen LogP contribution in [0.3, 0.4) is 0 Å². The molecule has 0 aliphatic rings. The van der Waals surface area contributed by atoms with Crippen molar-refractivity contribution in [2.45, 2.75) is 13.0 Å². The molecule has 3 aromatic carbocycles. The maximum absolute atomic E-state index is 13.2. The fraction of sp³-hybridized carbons (Fsp3) is 0.0741. The number of hydrogen-bond donors (Lipinski definition) is 1. The second-order valence-electron chi connectivity index (χ2n) is 8.15. The molecule has 0 saturated heterocycles. The van der Waals surface area contributed by atoms with Gasteiger partial charge in [0, 0.05) is 16.3 Å². The van der Waals surface area contributed by atoms with Crippen LogP contribution < -0.4 is 10.9 Å². The zero-order valence-corrected chi connectivity index (χ0v) is 22.1. The van der Waals surface area contributed by atoms with Crippen LogP contribution in [0.5, 0.6) is 0 Å². The molecule has 2 aromatic heterocycles. The highest BCUT2D eigenvalue weighted by Crippen LogP contribution is 2.30. The Kier molecular flexibility index (Phi) is 7.24. The number of esters is 1. The fourth-order valence-corrected chi connectivity index (χ4v) is 4.70. The van der Waals surface area contributed by atoms with Crippen molar-refractivity contribution in [1.29, 1.82) is 0 Å². The highest BCUT2D eigenvalue weighted by molar-refractivity contribution is 7.14. The van der Waals surface area contributed by atoms with Crippen LogP contribution in [0.15, 0.2) is 83.0 Å². The minimum Gasteiger partial charge on any atom is -0.448 e. The Labute approximate surface area is 230 Å². The Morgan fingerprint density at radius 1 is 0.974 bits per heavy atom. The van der Waals surface area contributed by atoms with Crippen molar-refractivity contribution in [1.82, 2.24) is 14.8 Å². The summed E-state index contributed by atoms with van der Waals surface area (Å²) in [6.45, 7) is 1.44. The number of amides is 1. The third-order valence-corrected chi connectivity index (χ3v) is 7.10. The van der Waals surface area contributed by atoms with E-state index in [-0.39, 0.29) is 11.3 Å². The molecule has 0 aliphatic carbocycles. The van der Waals surface area contributed by atoms with Crippen LogP contribution in [0.4, 0.5) is 5.13 Å². The number of halogens is 2. The molecular weight excluding hydrogens is 547 g/mol. The highest BCUT2D eigenvalue weighted by atomic mass is 35.5. The van der Waals surface area contributed by atoms with Gasteiger partial charge < -0.3 is 4.74 Å². The molecule has 0 bridgehead atoms. The summed E-state index contributed by atoms with van der Waals surface area (Å²) in [7, 11) is 0. The van der Waals surface area contributed by atoms with E-state index in [0.29, 0.717) is 37.3 Å². The molecule has 0 fully saturated rings. The molecule has 0 aliphatic heterocycles. The molecule has 0 radical (unpaired) electrons. The summed E-state index contributed by atoms with van der Waals surface area (Å²) < 4.78 is 6.59.